The monoisotopic (exact) mass is 408 g/mol. The summed E-state index contributed by atoms with van der Waals surface area (Å²) >= 11 is 0. The average Bonchev–Trinajstić information content (AvgIpc) is 3.08. The second-order valence-electron chi connectivity index (χ2n) is 7.67. The van der Waals surface area contributed by atoms with E-state index in [4.69, 9.17) is 18.9 Å². The number of rotatable bonds is 6. The highest BCUT2D eigenvalue weighted by molar-refractivity contribution is 5.87. The van der Waals surface area contributed by atoms with Crippen molar-refractivity contribution in [3.63, 3.8) is 0 Å². The van der Waals surface area contributed by atoms with E-state index in [-0.39, 0.29) is 24.0 Å². The highest BCUT2D eigenvalue weighted by atomic mass is 16.8. The first-order chi connectivity index (χ1) is 13.9. The first-order valence-corrected chi connectivity index (χ1v) is 9.64. The topological polar surface area (TPSA) is 115 Å². The predicted octanol–water partition coefficient (Wildman–Crippen LogP) is 2.17. The average molecular weight is 408 g/mol. The highest BCUT2D eigenvalue weighted by Crippen LogP contribution is 2.51. The molecule has 8 nitrogen and oxygen atoms in total. The minimum Gasteiger partial charge on any atom is -0.504 e. The number of hydrogen-bond donors (Lipinski definition) is 3. The predicted molar refractivity (Wildman–Crippen MR) is 103 cm³/mol. The van der Waals surface area contributed by atoms with Gasteiger partial charge in [0.25, 0.3) is 0 Å². The Balaban J connectivity index is 1.50. The summed E-state index contributed by atoms with van der Waals surface area (Å²) in [4.78, 5) is 12.0. The van der Waals surface area contributed by atoms with Crippen molar-refractivity contribution in [3.8, 4) is 11.5 Å². The number of phenolic OH excluding ortho intramolecular Hbond substituents is 2. The van der Waals surface area contributed by atoms with Crippen LogP contribution in [0, 0.1) is 11.3 Å². The first-order valence-electron chi connectivity index (χ1n) is 9.64. The van der Waals surface area contributed by atoms with Gasteiger partial charge in [-0.25, -0.2) is 4.79 Å². The molecule has 0 amide bonds. The fourth-order valence-electron chi connectivity index (χ4n) is 4.19. The minimum absolute atomic E-state index is 0.0461. The molecule has 0 bridgehead atoms. The van der Waals surface area contributed by atoms with Crippen LogP contribution in [-0.4, -0.2) is 60.8 Å². The van der Waals surface area contributed by atoms with Gasteiger partial charge in [-0.1, -0.05) is 6.07 Å². The fraction of sp³-hybridized carbons (Fsp3) is 0.571. The molecule has 3 rings (SSSR count). The van der Waals surface area contributed by atoms with Crippen LogP contribution in [-0.2, 0) is 23.7 Å². The number of aromatic hydroxyl groups is 2. The lowest BCUT2D eigenvalue weighted by Crippen LogP contribution is -2.47. The Morgan fingerprint density at radius 2 is 2.07 bits per heavy atom. The van der Waals surface area contributed by atoms with E-state index >= 15 is 0 Å². The Bertz CT molecular complexity index is 748. The van der Waals surface area contributed by atoms with Crippen molar-refractivity contribution in [2.45, 2.75) is 44.4 Å². The maximum absolute atomic E-state index is 12.0. The third-order valence-electron chi connectivity index (χ3n) is 5.88. The van der Waals surface area contributed by atoms with Gasteiger partial charge in [-0.2, -0.15) is 0 Å². The van der Waals surface area contributed by atoms with Gasteiger partial charge >= 0.3 is 5.97 Å². The van der Waals surface area contributed by atoms with Gasteiger partial charge in [0.2, 0.25) is 0 Å². The van der Waals surface area contributed by atoms with E-state index < -0.39 is 30.1 Å². The van der Waals surface area contributed by atoms with E-state index in [1.807, 2.05) is 0 Å². The van der Waals surface area contributed by atoms with Gasteiger partial charge in [0.1, 0.15) is 0 Å². The normalized spacial score (nSPS) is 32.1. The Labute approximate surface area is 169 Å². The molecule has 1 aromatic rings. The zero-order valence-corrected chi connectivity index (χ0v) is 16.6. The summed E-state index contributed by atoms with van der Waals surface area (Å²) in [6.45, 7) is 0.212. The van der Waals surface area contributed by atoms with Gasteiger partial charge in [-0.3, -0.25) is 0 Å². The number of esters is 1. The summed E-state index contributed by atoms with van der Waals surface area (Å²) < 4.78 is 21.8. The van der Waals surface area contributed by atoms with E-state index in [0.717, 1.165) is 6.42 Å². The van der Waals surface area contributed by atoms with E-state index in [1.54, 1.807) is 20.3 Å². The van der Waals surface area contributed by atoms with Crippen LogP contribution in [0.15, 0.2) is 24.3 Å². The largest absolute Gasteiger partial charge is 0.504 e. The lowest BCUT2D eigenvalue weighted by atomic mass is 9.67. The molecule has 2 aliphatic rings. The molecular weight excluding hydrogens is 380 g/mol. The maximum Gasteiger partial charge on any atom is 0.330 e. The Morgan fingerprint density at radius 1 is 1.28 bits per heavy atom. The van der Waals surface area contributed by atoms with E-state index in [9.17, 15) is 20.1 Å². The number of carbonyl (C=O) groups is 1. The standard InChI is InChI=1S/C21H28O8/c1-26-19-11-21(20(27-2)29-19)8-7-14(10-17(21)24)12-28-18(25)6-4-13-3-5-15(22)16(23)9-13/h3-6,9,14,17,19-20,22-24H,7-8,10-12H2,1-2H3/t14-,17-,19+,20+,21-/m0/s1. The van der Waals surface area contributed by atoms with Gasteiger partial charge in [-0.15, -0.1) is 0 Å². The molecule has 160 valence electrons. The van der Waals surface area contributed by atoms with Crippen molar-refractivity contribution in [2.75, 3.05) is 20.8 Å². The molecule has 1 saturated heterocycles. The molecule has 0 radical (unpaired) electrons. The van der Waals surface area contributed by atoms with Crippen LogP contribution < -0.4 is 0 Å². The van der Waals surface area contributed by atoms with Crippen molar-refractivity contribution in [1.82, 2.24) is 0 Å². The molecular formula is C21H28O8. The second-order valence-corrected chi connectivity index (χ2v) is 7.67. The number of phenols is 2. The van der Waals surface area contributed by atoms with Crippen LogP contribution in [0.2, 0.25) is 0 Å². The summed E-state index contributed by atoms with van der Waals surface area (Å²) in [6.07, 6.45) is 3.74. The molecule has 1 aromatic carbocycles. The third-order valence-corrected chi connectivity index (χ3v) is 5.88. The van der Waals surface area contributed by atoms with Crippen molar-refractivity contribution < 1.29 is 39.1 Å². The fourth-order valence-corrected chi connectivity index (χ4v) is 4.19. The molecule has 29 heavy (non-hydrogen) atoms. The van der Waals surface area contributed by atoms with Crippen molar-refractivity contribution in [1.29, 1.82) is 0 Å². The molecule has 1 spiro atoms. The number of ether oxygens (including phenoxy) is 4. The summed E-state index contributed by atoms with van der Waals surface area (Å²) in [5.41, 5.74) is 0.0586. The number of benzene rings is 1. The first kappa shape index (κ1) is 21.6. The molecule has 1 aliphatic heterocycles. The summed E-state index contributed by atoms with van der Waals surface area (Å²) in [5.74, 6) is -0.944. The Hall–Kier alpha value is -2.13. The molecule has 1 aliphatic carbocycles. The van der Waals surface area contributed by atoms with Gasteiger partial charge < -0.3 is 34.3 Å². The zero-order valence-electron chi connectivity index (χ0n) is 16.6. The number of aliphatic hydroxyl groups excluding tert-OH is 1. The van der Waals surface area contributed by atoms with Gasteiger partial charge in [0, 0.05) is 26.7 Å². The van der Waals surface area contributed by atoms with Crippen LogP contribution >= 0.6 is 0 Å². The molecule has 0 unspecified atom stereocenters. The molecule has 2 fully saturated rings. The number of hydrogen-bond acceptors (Lipinski definition) is 8. The lowest BCUT2D eigenvalue weighted by molar-refractivity contribution is -0.223. The van der Waals surface area contributed by atoms with E-state index in [0.29, 0.717) is 24.8 Å². The summed E-state index contributed by atoms with van der Waals surface area (Å²) in [5, 5.41) is 29.6. The number of methoxy groups -OCH3 is 2. The van der Waals surface area contributed by atoms with E-state index in [1.165, 1.54) is 24.3 Å². The van der Waals surface area contributed by atoms with Crippen LogP contribution in [0.1, 0.15) is 31.2 Å². The second kappa shape index (κ2) is 9.13. The van der Waals surface area contributed by atoms with Crippen molar-refractivity contribution in [3.05, 3.63) is 29.8 Å². The van der Waals surface area contributed by atoms with Crippen LogP contribution in [0.25, 0.3) is 6.08 Å². The van der Waals surface area contributed by atoms with Crippen molar-refractivity contribution in [2.24, 2.45) is 11.3 Å². The van der Waals surface area contributed by atoms with Gasteiger partial charge in [0.05, 0.1) is 18.1 Å². The lowest BCUT2D eigenvalue weighted by Gasteiger charge is -2.43. The third kappa shape index (κ3) is 4.72. The molecule has 8 heteroatoms. The maximum atomic E-state index is 12.0. The van der Waals surface area contributed by atoms with E-state index in [2.05, 4.69) is 0 Å². The number of aliphatic hydroxyl groups is 1. The molecule has 3 N–H and O–H groups in total. The Kier molecular flexibility index (Phi) is 6.79. The zero-order chi connectivity index (χ0) is 21.0. The molecule has 0 aromatic heterocycles. The molecule has 5 atom stereocenters. The van der Waals surface area contributed by atoms with Crippen molar-refractivity contribution >= 4 is 12.0 Å². The summed E-state index contributed by atoms with van der Waals surface area (Å²) in [7, 11) is 3.13. The number of carbonyl (C=O) groups excluding carboxylic acids is 1. The van der Waals surface area contributed by atoms with Gasteiger partial charge in [-0.05, 0) is 49.0 Å². The SMILES string of the molecule is CO[C@H]1C[C@]2(CC[C@H](COC(=O)C=Cc3ccc(O)c(O)c3)C[C@@H]2O)[C@H](OC)O1. The summed E-state index contributed by atoms with van der Waals surface area (Å²) in [6, 6.07) is 4.26. The van der Waals surface area contributed by atoms with Crippen LogP contribution in [0.4, 0.5) is 0 Å². The molecule has 1 heterocycles. The Morgan fingerprint density at radius 3 is 2.72 bits per heavy atom. The smallest absolute Gasteiger partial charge is 0.330 e. The van der Waals surface area contributed by atoms with Gasteiger partial charge in [0.15, 0.2) is 24.1 Å². The quantitative estimate of drug-likeness (QED) is 0.373. The molecule has 1 saturated carbocycles. The minimum atomic E-state index is -0.638. The highest BCUT2D eigenvalue weighted by Gasteiger charge is 2.55. The van der Waals surface area contributed by atoms with Crippen LogP contribution in [0.3, 0.4) is 0 Å². The van der Waals surface area contributed by atoms with Crippen LogP contribution in [0.5, 0.6) is 11.5 Å².